The molecule has 142 valence electrons. The number of hydrazine groups is 1. The van der Waals surface area contributed by atoms with E-state index >= 15 is 0 Å². The number of carbonyl (C=O) groups excluding carboxylic acids is 1. The van der Waals surface area contributed by atoms with Crippen LogP contribution in [0.5, 0.6) is 11.5 Å². The highest BCUT2D eigenvalue weighted by Gasteiger charge is 2.31. The number of amides is 1. The summed E-state index contributed by atoms with van der Waals surface area (Å²) in [7, 11) is 0. The SMILES string of the molecule is O=C(Nc1ccc(Oc2ccccc2)cc1)C1CC(c2ccccc2Cl)NN1. The lowest BCUT2D eigenvalue weighted by Crippen LogP contribution is -2.39. The van der Waals surface area contributed by atoms with Gasteiger partial charge in [0.25, 0.3) is 0 Å². The van der Waals surface area contributed by atoms with Crippen LogP contribution in [0.2, 0.25) is 5.02 Å². The molecule has 1 amide bonds. The monoisotopic (exact) mass is 393 g/mol. The first-order valence-corrected chi connectivity index (χ1v) is 9.46. The predicted molar refractivity (Wildman–Crippen MR) is 110 cm³/mol. The van der Waals surface area contributed by atoms with Crippen molar-refractivity contribution in [3.8, 4) is 11.5 Å². The van der Waals surface area contributed by atoms with E-state index in [9.17, 15) is 4.79 Å². The van der Waals surface area contributed by atoms with Gasteiger partial charge >= 0.3 is 0 Å². The maximum absolute atomic E-state index is 12.6. The molecule has 1 aliphatic rings. The summed E-state index contributed by atoms with van der Waals surface area (Å²) < 4.78 is 5.76. The number of hydrogen-bond donors (Lipinski definition) is 3. The van der Waals surface area contributed by atoms with Crippen molar-refractivity contribution < 1.29 is 9.53 Å². The largest absolute Gasteiger partial charge is 0.457 e. The van der Waals surface area contributed by atoms with E-state index in [1.165, 1.54) is 0 Å². The average Bonchev–Trinajstić information content (AvgIpc) is 3.21. The second-order valence-electron chi connectivity index (χ2n) is 6.58. The van der Waals surface area contributed by atoms with Gasteiger partial charge in [-0.25, -0.2) is 10.9 Å². The van der Waals surface area contributed by atoms with Crippen LogP contribution < -0.4 is 20.9 Å². The Labute approximate surface area is 168 Å². The van der Waals surface area contributed by atoms with Gasteiger partial charge in [0, 0.05) is 16.8 Å². The fraction of sp³-hybridized carbons (Fsp3) is 0.136. The van der Waals surface area contributed by atoms with Gasteiger partial charge in [0.1, 0.15) is 17.5 Å². The minimum absolute atomic E-state index is 0.00824. The molecule has 1 aliphatic heterocycles. The maximum atomic E-state index is 12.6. The standard InChI is InChI=1S/C22H20ClN3O2/c23-19-9-5-4-8-18(19)20-14-21(26-25-20)22(27)24-15-10-12-17(13-11-15)28-16-6-2-1-3-7-16/h1-13,20-21,25-26H,14H2,(H,24,27). The summed E-state index contributed by atoms with van der Waals surface area (Å²) in [4.78, 5) is 12.6. The lowest BCUT2D eigenvalue weighted by Gasteiger charge is -2.12. The molecular weight excluding hydrogens is 374 g/mol. The number of anilines is 1. The Bertz CT molecular complexity index is 948. The van der Waals surface area contributed by atoms with Gasteiger partial charge in [-0.05, 0) is 54.4 Å². The van der Waals surface area contributed by atoms with Crippen molar-refractivity contribution in [3.63, 3.8) is 0 Å². The maximum Gasteiger partial charge on any atom is 0.242 e. The summed E-state index contributed by atoms with van der Waals surface area (Å²) in [6.07, 6.45) is 0.616. The van der Waals surface area contributed by atoms with E-state index in [4.69, 9.17) is 16.3 Å². The van der Waals surface area contributed by atoms with Gasteiger partial charge in [0.2, 0.25) is 5.91 Å². The molecule has 2 unspecified atom stereocenters. The summed E-state index contributed by atoms with van der Waals surface area (Å²) in [6, 6.07) is 24.2. The summed E-state index contributed by atoms with van der Waals surface area (Å²) in [5.74, 6) is 1.38. The number of halogens is 1. The van der Waals surface area contributed by atoms with Gasteiger partial charge in [-0.1, -0.05) is 48.0 Å². The van der Waals surface area contributed by atoms with E-state index in [2.05, 4.69) is 16.2 Å². The molecule has 6 heteroatoms. The highest BCUT2D eigenvalue weighted by atomic mass is 35.5. The van der Waals surface area contributed by atoms with Crippen LogP contribution >= 0.6 is 11.6 Å². The zero-order chi connectivity index (χ0) is 19.3. The van der Waals surface area contributed by atoms with Crippen molar-refractivity contribution in [2.75, 3.05) is 5.32 Å². The Morgan fingerprint density at radius 2 is 1.57 bits per heavy atom. The smallest absolute Gasteiger partial charge is 0.242 e. The molecule has 4 rings (SSSR count). The van der Waals surface area contributed by atoms with E-state index < -0.39 is 0 Å². The van der Waals surface area contributed by atoms with E-state index in [1.54, 1.807) is 0 Å². The van der Waals surface area contributed by atoms with E-state index in [-0.39, 0.29) is 18.0 Å². The molecule has 1 heterocycles. The molecule has 0 radical (unpaired) electrons. The first-order valence-electron chi connectivity index (χ1n) is 9.08. The summed E-state index contributed by atoms with van der Waals surface area (Å²) in [5, 5.41) is 3.62. The van der Waals surface area contributed by atoms with E-state index in [0.29, 0.717) is 22.9 Å². The number of para-hydroxylation sites is 1. The Kier molecular flexibility index (Phi) is 5.58. The van der Waals surface area contributed by atoms with Crippen LogP contribution in [0, 0.1) is 0 Å². The molecule has 5 nitrogen and oxygen atoms in total. The number of benzene rings is 3. The molecule has 0 bridgehead atoms. The summed E-state index contributed by atoms with van der Waals surface area (Å²) in [5.41, 5.74) is 7.90. The minimum atomic E-state index is -0.346. The van der Waals surface area contributed by atoms with Crippen LogP contribution in [0.3, 0.4) is 0 Å². The Balaban J connectivity index is 1.34. The normalized spacial score (nSPS) is 18.6. The number of rotatable bonds is 5. The van der Waals surface area contributed by atoms with E-state index in [0.717, 1.165) is 11.3 Å². The lowest BCUT2D eigenvalue weighted by atomic mass is 10.0. The van der Waals surface area contributed by atoms with Crippen LogP contribution in [0.25, 0.3) is 0 Å². The molecule has 2 atom stereocenters. The number of ether oxygens (including phenoxy) is 1. The average molecular weight is 394 g/mol. The van der Waals surface area contributed by atoms with Gasteiger partial charge in [-0.15, -0.1) is 0 Å². The second-order valence-corrected chi connectivity index (χ2v) is 6.99. The molecular formula is C22H20ClN3O2. The summed E-state index contributed by atoms with van der Waals surface area (Å²) >= 11 is 6.25. The van der Waals surface area contributed by atoms with Crippen molar-refractivity contribution in [3.05, 3.63) is 89.4 Å². The van der Waals surface area contributed by atoms with E-state index in [1.807, 2.05) is 78.9 Å². The number of carbonyl (C=O) groups is 1. The van der Waals surface area contributed by atoms with Crippen molar-refractivity contribution in [2.45, 2.75) is 18.5 Å². The molecule has 3 N–H and O–H groups in total. The fourth-order valence-corrected chi connectivity index (χ4v) is 3.42. The van der Waals surface area contributed by atoms with Gasteiger partial charge in [-0.3, -0.25) is 4.79 Å². The first-order chi connectivity index (χ1) is 13.7. The zero-order valence-electron chi connectivity index (χ0n) is 15.1. The number of nitrogens with one attached hydrogen (secondary N) is 3. The van der Waals surface area contributed by atoms with Crippen molar-refractivity contribution >= 4 is 23.2 Å². The predicted octanol–water partition coefficient (Wildman–Crippen LogP) is 4.68. The third kappa shape index (κ3) is 4.34. The zero-order valence-corrected chi connectivity index (χ0v) is 15.8. The highest BCUT2D eigenvalue weighted by Crippen LogP contribution is 2.29. The molecule has 0 spiro atoms. The van der Waals surface area contributed by atoms with Crippen LogP contribution in [-0.2, 0) is 4.79 Å². The lowest BCUT2D eigenvalue weighted by molar-refractivity contribution is -0.117. The molecule has 28 heavy (non-hydrogen) atoms. The molecule has 3 aromatic carbocycles. The van der Waals surface area contributed by atoms with Gasteiger partial charge < -0.3 is 10.1 Å². The molecule has 1 fully saturated rings. The molecule has 0 aliphatic carbocycles. The van der Waals surface area contributed by atoms with Crippen molar-refractivity contribution in [1.29, 1.82) is 0 Å². The Morgan fingerprint density at radius 3 is 2.32 bits per heavy atom. The quantitative estimate of drug-likeness (QED) is 0.589. The number of hydrogen-bond acceptors (Lipinski definition) is 4. The molecule has 3 aromatic rings. The third-order valence-corrected chi connectivity index (χ3v) is 4.95. The third-order valence-electron chi connectivity index (χ3n) is 4.60. The Hall–Kier alpha value is -2.86. The van der Waals surface area contributed by atoms with Crippen molar-refractivity contribution in [2.24, 2.45) is 0 Å². The van der Waals surface area contributed by atoms with Crippen LogP contribution in [0.4, 0.5) is 5.69 Å². The molecule has 1 saturated heterocycles. The minimum Gasteiger partial charge on any atom is -0.457 e. The second kappa shape index (κ2) is 8.44. The highest BCUT2D eigenvalue weighted by molar-refractivity contribution is 6.31. The molecule has 0 saturated carbocycles. The van der Waals surface area contributed by atoms with Crippen molar-refractivity contribution in [1.82, 2.24) is 10.9 Å². The van der Waals surface area contributed by atoms with Gasteiger partial charge in [0.05, 0.1) is 0 Å². The molecule has 0 aromatic heterocycles. The van der Waals surface area contributed by atoms with Gasteiger partial charge in [0.15, 0.2) is 0 Å². The van der Waals surface area contributed by atoms with Crippen LogP contribution in [-0.4, -0.2) is 11.9 Å². The Morgan fingerprint density at radius 1 is 0.893 bits per heavy atom. The van der Waals surface area contributed by atoms with Crippen LogP contribution in [0.1, 0.15) is 18.0 Å². The van der Waals surface area contributed by atoms with Gasteiger partial charge in [-0.2, -0.15) is 0 Å². The first kappa shape index (κ1) is 18.5. The summed E-state index contributed by atoms with van der Waals surface area (Å²) in [6.45, 7) is 0. The van der Waals surface area contributed by atoms with Crippen LogP contribution in [0.15, 0.2) is 78.9 Å². The fourth-order valence-electron chi connectivity index (χ4n) is 3.15. The topological polar surface area (TPSA) is 62.4 Å².